The van der Waals surface area contributed by atoms with Crippen molar-refractivity contribution in [2.45, 2.75) is 26.2 Å². The summed E-state index contributed by atoms with van der Waals surface area (Å²) in [5.41, 5.74) is 3.96. The van der Waals surface area contributed by atoms with Crippen molar-refractivity contribution >= 4 is 33.8 Å². The van der Waals surface area contributed by atoms with Crippen LogP contribution in [0.2, 0.25) is 0 Å². The van der Waals surface area contributed by atoms with Gasteiger partial charge < -0.3 is 9.72 Å². The molecule has 0 amide bonds. The number of hydrogen-bond donors (Lipinski definition) is 2. The van der Waals surface area contributed by atoms with Crippen LogP contribution < -0.4 is 10.3 Å². The van der Waals surface area contributed by atoms with Crippen LogP contribution in [0.25, 0.3) is 23.3 Å². The quantitative estimate of drug-likeness (QED) is 0.394. The van der Waals surface area contributed by atoms with Gasteiger partial charge in [-0.25, -0.2) is 13.2 Å². The Kier molecular flexibility index (Phi) is 7.12. The van der Waals surface area contributed by atoms with E-state index in [9.17, 15) is 18.0 Å². The van der Waals surface area contributed by atoms with Crippen LogP contribution in [0.4, 0.5) is 5.69 Å². The van der Waals surface area contributed by atoms with Crippen molar-refractivity contribution in [2.75, 3.05) is 18.1 Å². The Morgan fingerprint density at radius 2 is 1.79 bits per heavy atom. The van der Waals surface area contributed by atoms with Crippen molar-refractivity contribution in [3.63, 3.8) is 0 Å². The largest absolute Gasteiger partial charge is 0.465 e. The minimum atomic E-state index is -3.50. The molecule has 2 N–H and O–H groups in total. The van der Waals surface area contributed by atoms with Crippen LogP contribution in [0.1, 0.15) is 47.8 Å². The molecule has 0 radical (unpaired) electrons. The van der Waals surface area contributed by atoms with Crippen LogP contribution in [0.5, 0.6) is 0 Å². The molecule has 1 aromatic heterocycles. The molecular weight excluding hydrogens is 452 g/mol. The lowest BCUT2D eigenvalue weighted by molar-refractivity contribution is 0.0600. The fraction of sp³-hybridized carbons (Fsp3) is 0.231. The van der Waals surface area contributed by atoms with E-state index in [0.717, 1.165) is 22.9 Å². The molecule has 0 fully saturated rings. The SMILES string of the molecule is COC(=O)c1cc(NS(C)(=O)=O)ccc1/C=C/c1cc(-c2ccc[nH]c2=O)cc(C(C)(C)C)c1. The van der Waals surface area contributed by atoms with E-state index in [1.807, 2.05) is 24.3 Å². The van der Waals surface area contributed by atoms with E-state index in [0.29, 0.717) is 11.1 Å². The van der Waals surface area contributed by atoms with Crippen LogP contribution in [-0.4, -0.2) is 32.7 Å². The second kappa shape index (κ2) is 9.69. The van der Waals surface area contributed by atoms with Gasteiger partial charge in [-0.2, -0.15) is 0 Å². The highest BCUT2D eigenvalue weighted by Gasteiger charge is 2.17. The van der Waals surface area contributed by atoms with Gasteiger partial charge in [-0.1, -0.05) is 51.1 Å². The van der Waals surface area contributed by atoms with Gasteiger partial charge in [0, 0.05) is 17.4 Å². The van der Waals surface area contributed by atoms with E-state index < -0.39 is 16.0 Å². The number of methoxy groups -OCH3 is 1. The van der Waals surface area contributed by atoms with Crippen molar-refractivity contribution in [3.8, 4) is 11.1 Å². The summed E-state index contributed by atoms with van der Waals surface area (Å²) in [7, 11) is -2.23. The fourth-order valence-corrected chi connectivity index (χ4v) is 3.99. The van der Waals surface area contributed by atoms with Gasteiger partial charge in [-0.05, 0) is 58.0 Å². The van der Waals surface area contributed by atoms with Gasteiger partial charge in [0.2, 0.25) is 10.0 Å². The Morgan fingerprint density at radius 3 is 2.41 bits per heavy atom. The lowest BCUT2D eigenvalue weighted by atomic mass is 9.84. The first-order chi connectivity index (χ1) is 15.9. The van der Waals surface area contributed by atoms with E-state index in [-0.39, 0.29) is 22.2 Å². The number of esters is 1. The number of sulfonamides is 1. The van der Waals surface area contributed by atoms with Gasteiger partial charge in [-0.3, -0.25) is 9.52 Å². The number of rotatable bonds is 6. The average Bonchev–Trinajstić information content (AvgIpc) is 2.76. The molecule has 0 saturated heterocycles. The normalized spacial score (nSPS) is 12.0. The first kappa shape index (κ1) is 25.0. The summed E-state index contributed by atoms with van der Waals surface area (Å²) in [5.74, 6) is -0.586. The summed E-state index contributed by atoms with van der Waals surface area (Å²) in [6.45, 7) is 6.28. The van der Waals surface area contributed by atoms with Gasteiger partial charge in [0.1, 0.15) is 0 Å². The van der Waals surface area contributed by atoms with Crippen LogP contribution >= 0.6 is 0 Å². The molecule has 0 aliphatic heterocycles. The van der Waals surface area contributed by atoms with Crippen molar-refractivity contribution in [2.24, 2.45) is 0 Å². The van der Waals surface area contributed by atoms with E-state index in [4.69, 9.17) is 4.74 Å². The van der Waals surface area contributed by atoms with Crippen LogP contribution in [0.15, 0.2) is 59.5 Å². The summed E-state index contributed by atoms with van der Waals surface area (Å²) >= 11 is 0. The number of aromatic amines is 1. The Bertz CT molecular complexity index is 1410. The number of anilines is 1. The van der Waals surface area contributed by atoms with Crippen LogP contribution in [0, 0.1) is 0 Å². The van der Waals surface area contributed by atoms with E-state index in [2.05, 4.69) is 30.5 Å². The molecule has 1 heterocycles. The van der Waals surface area contributed by atoms with Crippen molar-refractivity contribution in [3.05, 3.63) is 87.3 Å². The number of hydrogen-bond acceptors (Lipinski definition) is 5. The minimum Gasteiger partial charge on any atom is -0.465 e. The zero-order valence-electron chi connectivity index (χ0n) is 19.8. The van der Waals surface area contributed by atoms with E-state index in [1.54, 1.807) is 36.5 Å². The lowest BCUT2D eigenvalue weighted by Crippen LogP contribution is -2.13. The fourth-order valence-electron chi connectivity index (χ4n) is 3.44. The van der Waals surface area contributed by atoms with Crippen molar-refractivity contribution < 1.29 is 17.9 Å². The maximum absolute atomic E-state index is 12.4. The third kappa shape index (κ3) is 6.23. The molecule has 8 heteroatoms. The number of nitrogens with one attached hydrogen (secondary N) is 2. The summed E-state index contributed by atoms with van der Waals surface area (Å²) < 4.78 is 30.4. The van der Waals surface area contributed by atoms with Gasteiger partial charge in [0.05, 0.1) is 18.9 Å². The highest BCUT2D eigenvalue weighted by Crippen LogP contribution is 2.29. The topological polar surface area (TPSA) is 105 Å². The minimum absolute atomic E-state index is 0.156. The molecule has 3 rings (SSSR count). The van der Waals surface area contributed by atoms with E-state index in [1.165, 1.54) is 13.2 Å². The predicted octanol–water partition coefficient (Wildman–Crippen LogP) is 4.67. The maximum Gasteiger partial charge on any atom is 0.338 e. The van der Waals surface area contributed by atoms with Crippen LogP contribution in [-0.2, 0) is 20.2 Å². The second-order valence-electron chi connectivity index (χ2n) is 9.01. The lowest BCUT2D eigenvalue weighted by Gasteiger charge is -2.21. The van der Waals surface area contributed by atoms with Crippen LogP contribution in [0.3, 0.4) is 0 Å². The summed E-state index contributed by atoms with van der Waals surface area (Å²) in [4.78, 5) is 27.4. The van der Waals surface area contributed by atoms with E-state index >= 15 is 0 Å². The number of pyridine rings is 1. The molecule has 7 nitrogen and oxygen atoms in total. The van der Waals surface area contributed by atoms with Gasteiger partial charge in [0.15, 0.2) is 0 Å². The Morgan fingerprint density at radius 1 is 1.06 bits per heavy atom. The number of carbonyl (C=O) groups is 1. The molecule has 34 heavy (non-hydrogen) atoms. The molecule has 178 valence electrons. The molecule has 2 aromatic carbocycles. The molecule has 0 aliphatic carbocycles. The third-order valence-electron chi connectivity index (χ3n) is 5.17. The highest BCUT2D eigenvalue weighted by molar-refractivity contribution is 7.92. The molecule has 0 saturated carbocycles. The van der Waals surface area contributed by atoms with Gasteiger partial charge in [0.25, 0.3) is 5.56 Å². The smallest absolute Gasteiger partial charge is 0.338 e. The first-order valence-electron chi connectivity index (χ1n) is 10.6. The molecular formula is C26H28N2O5S. The Balaban J connectivity index is 2.09. The van der Waals surface area contributed by atoms with Gasteiger partial charge in [-0.15, -0.1) is 0 Å². The zero-order valence-corrected chi connectivity index (χ0v) is 20.6. The average molecular weight is 481 g/mol. The molecule has 3 aromatic rings. The van der Waals surface area contributed by atoms with Crippen molar-refractivity contribution in [1.29, 1.82) is 0 Å². The third-order valence-corrected chi connectivity index (χ3v) is 5.77. The number of H-pyrrole nitrogens is 1. The Hall–Kier alpha value is -3.65. The Labute approximate surface area is 199 Å². The first-order valence-corrected chi connectivity index (χ1v) is 12.5. The number of benzene rings is 2. The zero-order chi connectivity index (χ0) is 25.1. The number of ether oxygens (including phenoxy) is 1. The van der Waals surface area contributed by atoms with Crippen molar-refractivity contribution in [1.82, 2.24) is 4.98 Å². The number of carbonyl (C=O) groups excluding carboxylic acids is 1. The predicted molar refractivity (Wildman–Crippen MR) is 136 cm³/mol. The standard InChI is InChI=1S/C26H28N2O5S/c1-26(2,3)20-14-17(13-19(15-20)22-7-6-12-27-24(22)29)8-9-18-10-11-21(28-34(5,31)32)16-23(18)25(30)33-4/h6-16,28H,1-5H3,(H,27,29)/b9-8+. The second-order valence-corrected chi connectivity index (χ2v) is 10.8. The molecule has 0 spiro atoms. The summed E-state index contributed by atoms with van der Waals surface area (Å²) in [5, 5.41) is 0. The molecule has 0 atom stereocenters. The molecule has 0 aliphatic rings. The summed E-state index contributed by atoms with van der Waals surface area (Å²) in [6, 6.07) is 14.2. The molecule has 0 unspecified atom stereocenters. The maximum atomic E-state index is 12.4. The monoisotopic (exact) mass is 480 g/mol. The molecule has 0 bridgehead atoms. The number of aromatic nitrogens is 1. The highest BCUT2D eigenvalue weighted by atomic mass is 32.2. The van der Waals surface area contributed by atoms with Gasteiger partial charge >= 0.3 is 5.97 Å². The summed E-state index contributed by atoms with van der Waals surface area (Å²) in [6.07, 6.45) is 6.24.